The number of esters is 1. The van der Waals surface area contributed by atoms with Crippen molar-refractivity contribution in [2.24, 2.45) is 5.92 Å². The zero-order valence-electron chi connectivity index (χ0n) is 11.5. The quantitative estimate of drug-likeness (QED) is 0.594. The van der Waals surface area contributed by atoms with Crippen LogP contribution in [-0.2, 0) is 9.53 Å². The van der Waals surface area contributed by atoms with Crippen LogP contribution in [0.1, 0.15) is 58.8 Å². The molecule has 0 aromatic heterocycles. The van der Waals surface area contributed by atoms with Crippen LogP contribution in [0.15, 0.2) is 0 Å². The van der Waals surface area contributed by atoms with E-state index in [4.69, 9.17) is 0 Å². The van der Waals surface area contributed by atoms with Crippen molar-refractivity contribution in [2.45, 2.75) is 70.9 Å². The van der Waals surface area contributed by atoms with Gasteiger partial charge in [0.1, 0.15) is 0 Å². The molecule has 100 valence electrons. The lowest BCUT2D eigenvalue weighted by atomic mass is 9.92. The first-order valence-electron chi connectivity index (χ1n) is 6.96. The Morgan fingerprint density at radius 1 is 1.24 bits per heavy atom. The largest absolute Gasteiger partial charge is 0.469 e. The molecule has 0 aliphatic heterocycles. The summed E-state index contributed by atoms with van der Waals surface area (Å²) < 4.78 is 4.69. The van der Waals surface area contributed by atoms with Crippen LogP contribution in [0.2, 0.25) is 0 Å². The molecule has 17 heavy (non-hydrogen) atoms. The van der Waals surface area contributed by atoms with Crippen molar-refractivity contribution in [1.82, 2.24) is 5.32 Å². The van der Waals surface area contributed by atoms with E-state index in [1.165, 1.54) is 45.6 Å². The smallest absolute Gasteiger partial charge is 0.307 e. The number of methoxy groups -OCH3 is 1. The third-order valence-electron chi connectivity index (χ3n) is 3.85. The third-order valence-corrected chi connectivity index (χ3v) is 3.85. The fraction of sp³-hybridized carbons (Fsp3) is 0.929. The van der Waals surface area contributed by atoms with Gasteiger partial charge in [0.15, 0.2) is 0 Å². The number of ether oxygens (including phenoxy) is 1. The van der Waals surface area contributed by atoms with E-state index in [0.717, 1.165) is 5.92 Å². The van der Waals surface area contributed by atoms with Crippen molar-refractivity contribution >= 4 is 5.97 Å². The molecule has 0 aromatic rings. The summed E-state index contributed by atoms with van der Waals surface area (Å²) in [5.74, 6) is 0.649. The summed E-state index contributed by atoms with van der Waals surface area (Å²) in [7, 11) is 1.45. The minimum absolute atomic E-state index is 0.127. The van der Waals surface area contributed by atoms with E-state index in [2.05, 4.69) is 23.9 Å². The normalized spacial score (nSPS) is 21.6. The Hall–Kier alpha value is -0.570. The molecule has 2 atom stereocenters. The van der Waals surface area contributed by atoms with E-state index in [9.17, 15) is 4.79 Å². The first-order chi connectivity index (χ1) is 8.13. The van der Waals surface area contributed by atoms with Gasteiger partial charge < -0.3 is 10.1 Å². The first-order valence-corrected chi connectivity index (χ1v) is 6.96. The Morgan fingerprint density at radius 3 is 2.35 bits per heavy atom. The molecule has 1 unspecified atom stereocenters. The Balaban J connectivity index is 2.30. The molecule has 0 spiro atoms. The molecule has 0 heterocycles. The van der Waals surface area contributed by atoms with Gasteiger partial charge in [0.25, 0.3) is 0 Å². The summed E-state index contributed by atoms with van der Waals surface area (Å²) in [4.78, 5) is 11.2. The van der Waals surface area contributed by atoms with E-state index in [1.807, 2.05) is 0 Å². The molecule has 0 amide bonds. The lowest BCUT2D eigenvalue weighted by Gasteiger charge is -2.26. The second-order valence-electron chi connectivity index (χ2n) is 5.39. The van der Waals surface area contributed by atoms with Crippen molar-refractivity contribution in [3.8, 4) is 0 Å². The zero-order chi connectivity index (χ0) is 12.7. The van der Waals surface area contributed by atoms with Crippen LogP contribution in [0.5, 0.6) is 0 Å². The van der Waals surface area contributed by atoms with Crippen molar-refractivity contribution in [1.29, 1.82) is 0 Å². The van der Waals surface area contributed by atoms with E-state index in [0.29, 0.717) is 12.5 Å². The van der Waals surface area contributed by atoms with Crippen LogP contribution in [0.25, 0.3) is 0 Å². The van der Waals surface area contributed by atoms with Gasteiger partial charge in [-0.05, 0) is 32.6 Å². The zero-order valence-corrected chi connectivity index (χ0v) is 11.5. The standard InChI is InChI=1S/C14H27NO2/c1-11(10-14(16)17-3)15-12(2)13-8-6-4-5-7-9-13/h11-13,15H,4-10H2,1-3H3/t11?,12-/m1/s1. The molecule has 3 heteroatoms. The molecule has 1 rings (SSSR count). The van der Waals surface area contributed by atoms with E-state index >= 15 is 0 Å². The Bertz CT molecular complexity index is 222. The summed E-state index contributed by atoms with van der Waals surface area (Å²) in [5, 5.41) is 3.54. The van der Waals surface area contributed by atoms with Gasteiger partial charge >= 0.3 is 5.97 Å². The maximum Gasteiger partial charge on any atom is 0.307 e. The number of hydrogen-bond acceptors (Lipinski definition) is 3. The van der Waals surface area contributed by atoms with Crippen molar-refractivity contribution in [2.75, 3.05) is 7.11 Å². The average molecular weight is 241 g/mol. The monoisotopic (exact) mass is 241 g/mol. The molecule has 0 radical (unpaired) electrons. The minimum Gasteiger partial charge on any atom is -0.469 e. The third kappa shape index (κ3) is 5.53. The summed E-state index contributed by atoms with van der Waals surface area (Å²) in [6, 6.07) is 0.716. The van der Waals surface area contributed by atoms with Gasteiger partial charge in [-0.15, -0.1) is 0 Å². The number of carbonyl (C=O) groups excluding carboxylic acids is 1. The molecular formula is C14H27NO2. The minimum atomic E-state index is -0.127. The van der Waals surface area contributed by atoms with Gasteiger partial charge in [0.2, 0.25) is 0 Å². The van der Waals surface area contributed by atoms with E-state index in [-0.39, 0.29) is 12.0 Å². The number of carbonyl (C=O) groups is 1. The number of nitrogens with one attached hydrogen (secondary N) is 1. The Labute approximate surface area is 105 Å². The molecular weight excluding hydrogens is 214 g/mol. The number of rotatable bonds is 5. The highest BCUT2D eigenvalue weighted by molar-refractivity contribution is 5.69. The lowest BCUT2D eigenvalue weighted by Crippen LogP contribution is -2.40. The molecule has 3 nitrogen and oxygen atoms in total. The van der Waals surface area contributed by atoms with Crippen LogP contribution >= 0.6 is 0 Å². The fourth-order valence-electron chi connectivity index (χ4n) is 2.79. The Kier molecular flexibility index (Phi) is 6.56. The highest BCUT2D eigenvalue weighted by Gasteiger charge is 2.21. The lowest BCUT2D eigenvalue weighted by molar-refractivity contribution is -0.141. The maximum atomic E-state index is 11.2. The molecule has 1 saturated carbocycles. The summed E-state index contributed by atoms with van der Waals surface area (Å²) >= 11 is 0. The molecule has 1 aliphatic rings. The van der Waals surface area contributed by atoms with Gasteiger partial charge in [-0.2, -0.15) is 0 Å². The summed E-state index contributed by atoms with van der Waals surface area (Å²) in [6.45, 7) is 4.31. The van der Waals surface area contributed by atoms with Gasteiger partial charge in [-0.3, -0.25) is 4.79 Å². The predicted octanol–water partition coefficient (Wildman–Crippen LogP) is 2.89. The van der Waals surface area contributed by atoms with Crippen LogP contribution in [0.3, 0.4) is 0 Å². The van der Waals surface area contributed by atoms with Gasteiger partial charge in [0, 0.05) is 12.1 Å². The number of hydrogen-bond donors (Lipinski definition) is 1. The van der Waals surface area contributed by atoms with Crippen LogP contribution in [-0.4, -0.2) is 25.2 Å². The SMILES string of the molecule is COC(=O)CC(C)N[C@H](C)C1CCCCCC1. The second-order valence-corrected chi connectivity index (χ2v) is 5.39. The second kappa shape index (κ2) is 7.70. The van der Waals surface area contributed by atoms with E-state index in [1.54, 1.807) is 0 Å². The highest BCUT2D eigenvalue weighted by Crippen LogP contribution is 2.25. The van der Waals surface area contributed by atoms with Crippen molar-refractivity contribution < 1.29 is 9.53 Å². The highest BCUT2D eigenvalue weighted by atomic mass is 16.5. The van der Waals surface area contributed by atoms with Gasteiger partial charge in [0.05, 0.1) is 13.5 Å². The van der Waals surface area contributed by atoms with Crippen molar-refractivity contribution in [3.63, 3.8) is 0 Å². The van der Waals surface area contributed by atoms with Crippen LogP contribution in [0.4, 0.5) is 0 Å². The maximum absolute atomic E-state index is 11.2. The van der Waals surface area contributed by atoms with Crippen LogP contribution in [0, 0.1) is 5.92 Å². The molecule has 0 aromatic carbocycles. The van der Waals surface area contributed by atoms with E-state index < -0.39 is 0 Å². The average Bonchev–Trinajstić information content (AvgIpc) is 2.57. The molecule has 0 saturated heterocycles. The predicted molar refractivity (Wildman–Crippen MR) is 69.9 cm³/mol. The molecule has 1 N–H and O–H groups in total. The molecule has 1 fully saturated rings. The Morgan fingerprint density at radius 2 is 1.82 bits per heavy atom. The fourth-order valence-corrected chi connectivity index (χ4v) is 2.79. The first kappa shape index (κ1) is 14.5. The summed E-state index contributed by atoms with van der Waals surface area (Å²) in [5.41, 5.74) is 0. The molecule has 1 aliphatic carbocycles. The molecule has 0 bridgehead atoms. The van der Waals surface area contributed by atoms with Gasteiger partial charge in [-0.25, -0.2) is 0 Å². The summed E-state index contributed by atoms with van der Waals surface area (Å²) in [6.07, 6.45) is 8.64. The van der Waals surface area contributed by atoms with Crippen molar-refractivity contribution in [3.05, 3.63) is 0 Å². The topological polar surface area (TPSA) is 38.3 Å². The van der Waals surface area contributed by atoms with Crippen LogP contribution < -0.4 is 5.32 Å². The van der Waals surface area contributed by atoms with Gasteiger partial charge in [-0.1, -0.05) is 25.7 Å².